The van der Waals surface area contributed by atoms with Crippen LogP contribution in [0.1, 0.15) is 44.7 Å². The summed E-state index contributed by atoms with van der Waals surface area (Å²) >= 11 is 0. The molecule has 0 fully saturated rings. The average molecular weight is 277 g/mol. The zero-order valence-electron chi connectivity index (χ0n) is 13.1. The van der Waals surface area contributed by atoms with Crippen molar-refractivity contribution in [2.75, 3.05) is 26.4 Å². The lowest BCUT2D eigenvalue weighted by Gasteiger charge is -2.21. The summed E-state index contributed by atoms with van der Waals surface area (Å²) < 4.78 is 11.1. The van der Waals surface area contributed by atoms with Gasteiger partial charge in [0.2, 0.25) is 6.79 Å². The van der Waals surface area contributed by atoms with Gasteiger partial charge >= 0.3 is 0 Å². The fourth-order valence-corrected chi connectivity index (χ4v) is 2.94. The van der Waals surface area contributed by atoms with Crippen molar-refractivity contribution in [3.05, 3.63) is 23.3 Å². The van der Waals surface area contributed by atoms with Crippen LogP contribution in [-0.2, 0) is 12.8 Å². The van der Waals surface area contributed by atoms with E-state index in [1.807, 2.05) is 0 Å². The number of benzene rings is 1. The van der Waals surface area contributed by atoms with Gasteiger partial charge < -0.3 is 14.4 Å². The molecule has 1 aliphatic rings. The van der Waals surface area contributed by atoms with E-state index >= 15 is 0 Å². The van der Waals surface area contributed by atoms with Gasteiger partial charge in [0, 0.05) is 12.1 Å². The first-order chi connectivity index (χ1) is 9.80. The van der Waals surface area contributed by atoms with E-state index in [-0.39, 0.29) is 0 Å². The maximum atomic E-state index is 5.63. The number of rotatable bonds is 8. The molecule has 20 heavy (non-hydrogen) atoms. The summed E-state index contributed by atoms with van der Waals surface area (Å²) in [6.07, 6.45) is 4.55. The van der Waals surface area contributed by atoms with Gasteiger partial charge in [0.15, 0.2) is 11.5 Å². The molecule has 0 unspecified atom stereocenters. The summed E-state index contributed by atoms with van der Waals surface area (Å²) in [7, 11) is 0. The maximum absolute atomic E-state index is 5.63. The van der Waals surface area contributed by atoms with Crippen LogP contribution in [0, 0.1) is 0 Å². The number of hydrogen-bond acceptors (Lipinski definition) is 3. The van der Waals surface area contributed by atoms with Crippen LogP contribution in [-0.4, -0.2) is 31.3 Å². The fraction of sp³-hybridized carbons (Fsp3) is 0.647. The van der Waals surface area contributed by atoms with Crippen molar-refractivity contribution in [1.29, 1.82) is 0 Å². The molecule has 0 aromatic heterocycles. The quantitative estimate of drug-likeness (QED) is 0.724. The number of nitrogens with zero attached hydrogens (tertiary/aromatic N) is 1. The van der Waals surface area contributed by atoms with Gasteiger partial charge in [-0.25, -0.2) is 0 Å². The Morgan fingerprint density at radius 3 is 2.40 bits per heavy atom. The first-order valence-corrected chi connectivity index (χ1v) is 7.92. The average Bonchev–Trinajstić information content (AvgIpc) is 2.93. The summed E-state index contributed by atoms with van der Waals surface area (Å²) in [4.78, 5) is 2.56. The summed E-state index contributed by atoms with van der Waals surface area (Å²) in [6.45, 7) is 10.6. The zero-order valence-corrected chi connectivity index (χ0v) is 13.1. The molecule has 1 aromatic carbocycles. The lowest BCUT2D eigenvalue weighted by Crippen LogP contribution is -2.28. The van der Waals surface area contributed by atoms with Crippen LogP contribution >= 0.6 is 0 Å². The van der Waals surface area contributed by atoms with Crippen LogP contribution < -0.4 is 9.47 Å². The molecule has 0 spiro atoms. The molecule has 3 heteroatoms. The van der Waals surface area contributed by atoms with Gasteiger partial charge in [-0.15, -0.1) is 0 Å². The Morgan fingerprint density at radius 1 is 1.00 bits per heavy atom. The minimum Gasteiger partial charge on any atom is -0.454 e. The number of fused-ring (bicyclic) bond motifs is 1. The molecule has 0 atom stereocenters. The third kappa shape index (κ3) is 3.45. The van der Waals surface area contributed by atoms with Gasteiger partial charge in [-0.05, 0) is 50.4 Å². The standard InChI is InChI=1S/C17H27NO2/c1-4-10-18(11-5-2)12-9-14-7-8-16-17(15(14)6-3)20-13-19-16/h7-8H,4-6,9-13H2,1-3H3. The van der Waals surface area contributed by atoms with E-state index < -0.39 is 0 Å². The first-order valence-electron chi connectivity index (χ1n) is 7.92. The molecule has 0 amide bonds. The van der Waals surface area contributed by atoms with Gasteiger partial charge in [0.25, 0.3) is 0 Å². The van der Waals surface area contributed by atoms with Gasteiger partial charge in [0.05, 0.1) is 0 Å². The predicted octanol–water partition coefficient (Wildman–Crippen LogP) is 3.64. The monoisotopic (exact) mass is 277 g/mol. The lowest BCUT2D eigenvalue weighted by atomic mass is 10.0. The van der Waals surface area contributed by atoms with Crippen LogP contribution in [0.3, 0.4) is 0 Å². The van der Waals surface area contributed by atoms with Crippen LogP contribution in [0.5, 0.6) is 11.5 Å². The van der Waals surface area contributed by atoms with Gasteiger partial charge in [-0.3, -0.25) is 0 Å². The Labute approximate surface area is 122 Å². The smallest absolute Gasteiger partial charge is 0.231 e. The van der Waals surface area contributed by atoms with Crippen LogP contribution in [0.2, 0.25) is 0 Å². The molecule has 1 aliphatic heterocycles. The number of ether oxygens (including phenoxy) is 2. The molecule has 112 valence electrons. The van der Waals surface area contributed by atoms with Crippen LogP contribution in [0.4, 0.5) is 0 Å². The highest BCUT2D eigenvalue weighted by Crippen LogP contribution is 2.37. The second-order valence-electron chi connectivity index (χ2n) is 5.38. The fourth-order valence-electron chi connectivity index (χ4n) is 2.94. The van der Waals surface area contributed by atoms with E-state index in [0.717, 1.165) is 30.9 Å². The zero-order chi connectivity index (χ0) is 14.4. The van der Waals surface area contributed by atoms with E-state index in [1.54, 1.807) is 0 Å². The van der Waals surface area contributed by atoms with Crippen molar-refractivity contribution in [1.82, 2.24) is 4.90 Å². The van der Waals surface area contributed by atoms with E-state index in [2.05, 4.69) is 37.8 Å². The highest BCUT2D eigenvalue weighted by atomic mass is 16.7. The molecule has 3 nitrogen and oxygen atoms in total. The minimum absolute atomic E-state index is 0.365. The molecule has 0 bridgehead atoms. The second-order valence-corrected chi connectivity index (χ2v) is 5.38. The Hall–Kier alpha value is -1.22. The highest BCUT2D eigenvalue weighted by molar-refractivity contribution is 5.52. The van der Waals surface area contributed by atoms with Gasteiger partial charge in [0.1, 0.15) is 0 Å². The maximum Gasteiger partial charge on any atom is 0.231 e. The summed E-state index contributed by atoms with van der Waals surface area (Å²) in [5.41, 5.74) is 2.74. The summed E-state index contributed by atoms with van der Waals surface area (Å²) in [6, 6.07) is 4.27. The molecule has 0 N–H and O–H groups in total. The molecule has 1 heterocycles. The van der Waals surface area contributed by atoms with E-state index in [1.165, 1.54) is 37.1 Å². The molecule has 2 rings (SSSR count). The summed E-state index contributed by atoms with van der Waals surface area (Å²) in [5, 5.41) is 0. The number of hydrogen-bond donors (Lipinski definition) is 0. The van der Waals surface area contributed by atoms with E-state index in [0.29, 0.717) is 6.79 Å². The topological polar surface area (TPSA) is 21.7 Å². The van der Waals surface area contributed by atoms with Crippen molar-refractivity contribution in [3.63, 3.8) is 0 Å². The summed E-state index contributed by atoms with van der Waals surface area (Å²) in [5.74, 6) is 1.88. The Morgan fingerprint density at radius 2 is 1.75 bits per heavy atom. The highest BCUT2D eigenvalue weighted by Gasteiger charge is 2.19. The normalized spacial score (nSPS) is 13.2. The molecular formula is C17H27NO2. The lowest BCUT2D eigenvalue weighted by molar-refractivity contribution is 0.173. The molecule has 0 saturated heterocycles. The Kier molecular flexibility index (Phi) is 5.72. The van der Waals surface area contributed by atoms with Crippen LogP contribution in [0.15, 0.2) is 12.1 Å². The van der Waals surface area contributed by atoms with E-state index in [4.69, 9.17) is 9.47 Å². The molecule has 0 saturated carbocycles. The third-order valence-electron chi connectivity index (χ3n) is 3.87. The Bertz CT molecular complexity index is 425. The van der Waals surface area contributed by atoms with Crippen molar-refractivity contribution in [2.45, 2.75) is 46.5 Å². The van der Waals surface area contributed by atoms with Crippen LogP contribution in [0.25, 0.3) is 0 Å². The Balaban J connectivity index is 2.05. The van der Waals surface area contributed by atoms with Gasteiger partial charge in [-0.1, -0.05) is 26.8 Å². The minimum atomic E-state index is 0.365. The van der Waals surface area contributed by atoms with E-state index in [9.17, 15) is 0 Å². The molecule has 0 radical (unpaired) electrons. The second kappa shape index (κ2) is 7.53. The SMILES string of the molecule is CCCN(CCC)CCc1ccc2c(c1CC)OCO2. The van der Waals surface area contributed by atoms with Crippen molar-refractivity contribution in [3.8, 4) is 11.5 Å². The largest absolute Gasteiger partial charge is 0.454 e. The third-order valence-corrected chi connectivity index (χ3v) is 3.87. The molecular weight excluding hydrogens is 250 g/mol. The van der Waals surface area contributed by atoms with Gasteiger partial charge in [-0.2, -0.15) is 0 Å². The first kappa shape index (κ1) is 15.2. The van der Waals surface area contributed by atoms with Crippen molar-refractivity contribution in [2.24, 2.45) is 0 Å². The predicted molar refractivity (Wildman–Crippen MR) is 82.7 cm³/mol. The van der Waals surface area contributed by atoms with Crippen molar-refractivity contribution >= 4 is 0 Å². The molecule has 0 aliphatic carbocycles. The van der Waals surface area contributed by atoms with Crippen molar-refractivity contribution < 1.29 is 9.47 Å². The molecule has 1 aromatic rings.